The summed E-state index contributed by atoms with van der Waals surface area (Å²) in [7, 11) is 0. The van der Waals surface area contributed by atoms with E-state index in [1.807, 2.05) is 32.0 Å². The van der Waals surface area contributed by atoms with Gasteiger partial charge in [0.05, 0.1) is 13.1 Å². The summed E-state index contributed by atoms with van der Waals surface area (Å²) in [5.41, 5.74) is 2.28. The highest BCUT2D eigenvalue weighted by Crippen LogP contribution is 2.39. The minimum Gasteiger partial charge on any atom is -0.491 e. The number of hydrogen-bond donors (Lipinski definition) is 1. The molecular weight excluding hydrogens is 300 g/mol. The van der Waals surface area contributed by atoms with Gasteiger partial charge in [-0.05, 0) is 63.5 Å². The van der Waals surface area contributed by atoms with Crippen LogP contribution in [0.5, 0.6) is 5.75 Å². The molecule has 4 heteroatoms. The summed E-state index contributed by atoms with van der Waals surface area (Å²) in [6, 6.07) is 7.32. The molecule has 24 heavy (non-hydrogen) atoms. The smallest absolute Gasteiger partial charge is 0.234 e. The Morgan fingerprint density at radius 3 is 2.50 bits per heavy atom. The van der Waals surface area contributed by atoms with Crippen molar-refractivity contribution in [2.45, 2.75) is 58.5 Å². The number of aryl methyl sites for hydroxylation is 2. The number of nitrogens with one attached hydrogen (secondary N) is 1. The zero-order valence-corrected chi connectivity index (χ0v) is 15.2. The Hall–Kier alpha value is -1.55. The van der Waals surface area contributed by atoms with Crippen molar-refractivity contribution in [3.05, 3.63) is 29.3 Å². The Labute approximate surface area is 145 Å². The molecule has 132 valence electrons. The molecule has 1 amide bonds. The first kappa shape index (κ1) is 17.3. The fraction of sp³-hybridized carbons (Fsp3) is 0.650. The van der Waals surface area contributed by atoms with E-state index in [0.717, 1.165) is 22.8 Å². The highest BCUT2D eigenvalue weighted by Gasteiger charge is 2.39. The summed E-state index contributed by atoms with van der Waals surface area (Å²) in [4.78, 5) is 14.7. The van der Waals surface area contributed by atoms with Gasteiger partial charge >= 0.3 is 0 Å². The molecule has 0 radical (unpaired) electrons. The van der Waals surface area contributed by atoms with E-state index in [1.54, 1.807) is 0 Å². The Bertz CT molecular complexity index is 559. The second-order valence-corrected chi connectivity index (χ2v) is 7.40. The topological polar surface area (TPSA) is 41.6 Å². The van der Waals surface area contributed by atoms with Crippen LogP contribution in [0.1, 0.15) is 43.7 Å². The van der Waals surface area contributed by atoms with E-state index < -0.39 is 0 Å². The van der Waals surface area contributed by atoms with E-state index in [4.69, 9.17) is 4.74 Å². The number of rotatable bonds is 9. The molecule has 1 aromatic rings. The Morgan fingerprint density at radius 2 is 1.92 bits per heavy atom. The average molecular weight is 330 g/mol. The van der Waals surface area contributed by atoms with Crippen LogP contribution in [0.4, 0.5) is 0 Å². The molecule has 4 nitrogen and oxygen atoms in total. The average Bonchev–Trinajstić information content (AvgIpc) is 3.43. The Balaban J connectivity index is 1.40. The second kappa shape index (κ2) is 7.56. The monoisotopic (exact) mass is 330 g/mol. The number of ether oxygens (including phenoxy) is 1. The summed E-state index contributed by atoms with van der Waals surface area (Å²) in [5.74, 6) is 1.87. The Kier molecular flexibility index (Phi) is 5.44. The molecular formula is C20H30N2O2. The van der Waals surface area contributed by atoms with Crippen LogP contribution in [0, 0.1) is 19.8 Å². The molecule has 1 unspecified atom stereocenters. The van der Waals surface area contributed by atoms with Crippen molar-refractivity contribution in [3.63, 3.8) is 0 Å². The van der Waals surface area contributed by atoms with Gasteiger partial charge in [-0.3, -0.25) is 9.69 Å². The first-order valence-electron chi connectivity index (χ1n) is 9.27. The van der Waals surface area contributed by atoms with Crippen LogP contribution in [0.25, 0.3) is 0 Å². The van der Waals surface area contributed by atoms with Crippen LogP contribution >= 0.6 is 0 Å². The summed E-state index contributed by atoms with van der Waals surface area (Å²) >= 11 is 0. The lowest BCUT2D eigenvalue weighted by Crippen LogP contribution is -2.44. The van der Waals surface area contributed by atoms with E-state index in [1.165, 1.54) is 25.7 Å². The van der Waals surface area contributed by atoms with Crippen LogP contribution in [0.3, 0.4) is 0 Å². The predicted molar refractivity (Wildman–Crippen MR) is 96.3 cm³/mol. The van der Waals surface area contributed by atoms with E-state index in [9.17, 15) is 4.79 Å². The highest BCUT2D eigenvalue weighted by molar-refractivity contribution is 5.78. The summed E-state index contributed by atoms with van der Waals surface area (Å²) in [6.07, 6.45) is 5.16. The maximum atomic E-state index is 12.3. The lowest BCUT2D eigenvalue weighted by molar-refractivity contribution is -0.123. The van der Waals surface area contributed by atoms with Gasteiger partial charge in [-0.2, -0.15) is 0 Å². The third kappa shape index (κ3) is 4.50. The quantitative estimate of drug-likeness (QED) is 0.708. The summed E-state index contributed by atoms with van der Waals surface area (Å²) in [6.45, 7) is 7.99. The number of hydrogen-bond acceptors (Lipinski definition) is 3. The minimum atomic E-state index is 0.125. The van der Waals surface area contributed by atoms with Crippen molar-refractivity contribution >= 4 is 5.91 Å². The first-order valence-corrected chi connectivity index (χ1v) is 9.27. The number of para-hydroxylation sites is 1. The fourth-order valence-electron chi connectivity index (χ4n) is 3.45. The van der Waals surface area contributed by atoms with Crippen LogP contribution in [0.2, 0.25) is 0 Å². The van der Waals surface area contributed by atoms with Crippen LogP contribution in [-0.4, -0.2) is 42.6 Å². The van der Waals surface area contributed by atoms with E-state index in [2.05, 4.69) is 17.1 Å². The van der Waals surface area contributed by atoms with Gasteiger partial charge in [-0.25, -0.2) is 0 Å². The third-order valence-corrected chi connectivity index (χ3v) is 5.25. The van der Waals surface area contributed by atoms with Crippen molar-refractivity contribution in [1.29, 1.82) is 0 Å². The normalized spacial score (nSPS) is 18.5. The molecule has 2 aliphatic carbocycles. The SMILES string of the molecule is Cc1cccc(C)c1OCCNC(=O)CN(C1CC1)C(C)C1CC1. The van der Waals surface area contributed by atoms with Gasteiger partial charge in [0.2, 0.25) is 5.91 Å². The molecule has 1 atom stereocenters. The van der Waals surface area contributed by atoms with Crippen LogP contribution < -0.4 is 10.1 Å². The van der Waals surface area contributed by atoms with E-state index >= 15 is 0 Å². The maximum Gasteiger partial charge on any atom is 0.234 e. The van der Waals surface area contributed by atoms with Gasteiger partial charge in [0, 0.05) is 12.1 Å². The number of carbonyl (C=O) groups excluding carboxylic acids is 1. The largest absolute Gasteiger partial charge is 0.491 e. The molecule has 0 heterocycles. The van der Waals surface area contributed by atoms with E-state index in [0.29, 0.717) is 31.8 Å². The van der Waals surface area contributed by atoms with Gasteiger partial charge in [-0.15, -0.1) is 0 Å². The molecule has 1 N–H and O–H groups in total. The molecule has 2 saturated carbocycles. The second-order valence-electron chi connectivity index (χ2n) is 7.40. The number of carbonyl (C=O) groups is 1. The van der Waals surface area contributed by atoms with Gasteiger partial charge in [0.15, 0.2) is 0 Å². The predicted octanol–water partition coefficient (Wildman–Crippen LogP) is 3.06. The Morgan fingerprint density at radius 1 is 1.25 bits per heavy atom. The zero-order valence-electron chi connectivity index (χ0n) is 15.2. The van der Waals surface area contributed by atoms with Crippen LogP contribution in [-0.2, 0) is 4.79 Å². The standard InChI is InChI=1S/C20H30N2O2/c1-14-5-4-6-15(2)20(14)24-12-11-21-19(23)13-22(18-9-10-18)16(3)17-7-8-17/h4-6,16-18H,7-13H2,1-3H3,(H,21,23). The van der Waals surface area contributed by atoms with Crippen molar-refractivity contribution in [3.8, 4) is 5.75 Å². The molecule has 3 rings (SSSR count). The molecule has 0 aliphatic heterocycles. The summed E-state index contributed by atoms with van der Waals surface area (Å²) < 4.78 is 5.85. The lowest BCUT2D eigenvalue weighted by Gasteiger charge is -2.28. The number of benzene rings is 1. The molecule has 0 bridgehead atoms. The molecule has 1 aromatic carbocycles. The molecule has 0 saturated heterocycles. The maximum absolute atomic E-state index is 12.3. The molecule has 0 spiro atoms. The number of amides is 1. The number of nitrogens with zero attached hydrogens (tertiary/aromatic N) is 1. The first-order chi connectivity index (χ1) is 11.6. The van der Waals surface area contributed by atoms with Crippen molar-refractivity contribution in [1.82, 2.24) is 10.2 Å². The van der Waals surface area contributed by atoms with Gasteiger partial charge in [-0.1, -0.05) is 18.2 Å². The van der Waals surface area contributed by atoms with Gasteiger partial charge < -0.3 is 10.1 Å². The fourth-order valence-corrected chi connectivity index (χ4v) is 3.45. The van der Waals surface area contributed by atoms with E-state index in [-0.39, 0.29) is 5.91 Å². The van der Waals surface area contributed by atoms with Gasteiger partial charge in [0.1, 0.15) is 12.4 Å². The highest BCUT2D eigenvalue weighted by atomic mass is 16.5. The van der Waals surface area contributed by atoms with Gasteiger partial charge in [0.25, 0.3) is 0 Å². The van der Waals surface area contributed by atoms with Crippen molar-refractivity contribution < 1.29 is 9.53 Å². The van der Waals surface area contributed by atoms with Crippen LogP contribution in [0.15, 0.2) is 18.2 Å². The third-order valence-electron chi connectivity index (χ3n) is 5.25. The van der Waals surface area contributed by atoms with Crippen molar-refractivity contribution in [2.24, 2.45) is 5.92 Å². The minimum absolute atomic E-state index is 0.125. The summed E-state index contributed by atoms with van der Waals surface area (Å²) in [5, 5.41) is 3.01. The molecule has 2 fully saturated rings. The van der Waals surface area contributed by atoms with Crippen molar-refractivity contribution in [2.75, 3.05) is 19.7 Å². The zero-order chi connectivity index (χ0) is 17.1. The molecule has 0 aromatic heterocycles. The lowest BCUT2D eigenvalue weighted by atomic mass is 10.1. The molecule has 2 aliphatic rings.